The second-order valence-electron chi connectivity index (χ2n) is 5.46. The molecule has 1 aromatic rings. The molecule has 0 amide bonds. The van der Waals surface area contributed by atoms with Crippen molar-refractivity contribution in [2.45, 2.75) is 27.3 Å². The molecule has 0 unspecified atom stereocenters. The van der Waals surface area contributed by atoms with Crippen molar-refractivity contribution in [1.82, 2.24) is 4.90 Å². The Labute approximate surface area is 116 Å². The van der Waals surface area contributed by atoms with Gasteiger partial charge in [0.25, 0.3) is 0 Å². The van der Waals surface area contributed by atoms with Crippen LogP contribution in [0, 0.1) is 5.41 Å². The zero-order chi connectivity index (χ0) is 14.1. The van der Waals surface area contributed by atoms with Crippen molar-refractivity contribution in [3.63, 3.8) is 0 Å². The molecule has 3 nitrogen and oxygen atoms in total. The summed E-state index contributed by atoms with van der Waals surface area (Å²) in [6.45, 7) is 8.81. The predicted molar refractivity (Wildman–Crippen MR) is 80.6 cm³/mol. The fraction of sp³-hybridized carbons (Fsp3) is 0.438. The summed E-state index contributed by atoms with van der Waals surface area (Å²) in [6.07, 6.45) is 5.81. The van der Waals surface area contributed by atoms with Gasteiger partial charge >= 0.3 is 0 Å². The molecule has 0 spiro atoms. The highest BCUT2D eigenvalue weighted by molar-refractivity contribution is 5.64. The zero-order valence-electron chi connectivity index (χ0n) is 12.1. The molecule has 0 aliphatic carbocycles. The lowest BCUT2D eigenvalue weighted by atomic mass is 9.94. The average molecular weight is 260 g/mol. The monoisotopic (exact) mass is 260 g/mol. The Kier molecular flexibility index (Phi) is 6.30. The van der Waals surface area contributed by atoms with Crippen LogP contribution >= 0.6 is 0 Å². The normalized spacial score (nSPS) is 12.8. The van der Waals surface area contributed by atoms with Gasteiger partial charge in [0.05, 0.1) is 6.21 Å². The first kappa shape index (κ1) is 15.4. The second-order valence-corrected chi connectivity index (χ2v) is 5.46. The Hall–Kier alpha value is -1.61. The van der Waals surface area contributed by atoms with Gasteiger partial charge in [0.2, 0.25) is 0 Å². The summed E-state index contributed by atoms with van der Waals surface area (Å²) < 4.78 is 0. The van der Waals surface area contributed by atoms with Gasteiger partial charge in [0.15, 0.2) is 0 Å². The molecule has 19 heavy (non-hydrogen) atoms. The fourth-order valence-electron chi connectivity index (χ4n) is 2.05. The van der Waals surface area contributed by atoms with Gasteiger partial charge in [-0.05, 0) is 12.5 Å². The van der Waals surface area contributed by atoms with E-state index in [4.69, 9.17) is 5.21 Å². The number of oxime groups is 1. The molecule has 0 saturated heterocycles. The lowest BCUT2D eigenvalue weighted by Gasteiger charge is -2.29. The second kappa shape index (κ2) is 7.74. The average Bonchev–Trinajstić information content (AvgIpc) is 2.36. The zero-order valence-corrected chi connectivity index (χ0v) is 12.1. The minimum absolute atomic E-state index is 0.148. The highest BCUT2D eigenvalue weighted by Gasteiger charge is 2.19. The largest absolute Gasteiger partial charge is 0.411 e. The van der Waals surface area contributed by atoms with Gasteiger partial charge in [-0.25, -0.2) is 0 Å². The van der Waals surface area contributed by atoms with Crippen LogP contribution in [0.15, 0.2) is 47.6 Å². The minimum Gasteiger partial charge on any atom is -0.411 e. The van der Waals surface area contributed by atoms with E-state index >= 15 is 0 Å². The van der Waals surface area contributed by atoms with Gasteiger partial charge in [-0.15, -0.1) is 5.16 Å². The first-order valence-electron chi connectivity index (χ1n) is 6.63. The van der Waals surface area contributed by atoms with Crippen LogP contribution < -0.4 is 0 Å². The highest BCUT2D eigenvalue weighted by atomic mass is 16.4. The van der Waals surface area contributed by atoms with Crippen molar-refractivity contribution in [1.29, 1.82) is 0 Å². The number of hydrogen-bond donors (Lipinski definition) is 1. The summed E-state index contributed by atoms with van der Waals surface area (Å²) in [5.41, 5.74) is 1.15. The maximum Gasteiger partial charge on any atom is 0.0504 e. The number of rotatable bonds is 7. The van der Waals surface area contributed by atoms with Crippen LogP contribution in [0.5, 0.6) is 0 Å². The molecule has 1 rings (SSSR count). The van der Waals surface area contributed by atoms with Gasteiger partial charge in [0, 0.05) is 25.0 Å². The van der Waals surface area contributed by atoms with Gasteiger partial charge in [-0.1, -0.05) is 56.3 Å². The number of benzene rings is 1. The van der Waals surface area contributed by atoms with E-state index in [2.05, 4.69) is 60.3 Å². The van der Waals surface area contributed by atoms with E-state index in [-0.39, 0.29) is 5.41 Å². The molecule has 3 heteroatoms. The third-order valence-electron chi connectivity index (χ3n) is 2.89. The molecule has 0 fully saturated rings. The standard InChI is InChI=1S/C16H24N2O/c1-4-5-11-18(14-16(2,3)13-17-19)12-15-9-7-6-8-10-15/h4-10,13,19H,11-12,14H2,1-3H3/b5-4+,17-13+. The number of allylic oxidation sites excluding steroid dienone is 1. The molecule has 0 aliphatic heterocycles. The summed E-state index contributed by atoms with van der Waals surface area (Å²) in [6, 6.07) is 10.4. The smallest absolute Gasteiger partial charge is 0.0504 e. The Balaban J connectivity index is 2.72. The van der Waals surface area contributed by atoms with Crippen molar-refractivity contribution in [2.75, 3.05) is 13.1 Å². The SMILES string of the molecule is C/C=C/CN(Cc1ccccc1)CC(C)(C)/C=N/O. The van der Waals surface area contributed by atoms with Crippen molar-refractivity contribution in [3.8, 4) is 0 Å². The fourth-order valence-corrected chi connectivity index (χ4v) is 2.05. The van der Waals surface area contributed by atoms with Crippen LogP contribution in [0.3, 0.4) is 0 Å². The Morgan fingerprint density at radius 2 is 1.95 bits per heavy atom. The molecule has 0 aliphatic rings. The van der Waals surface area contributed by atoms with Crippen LogP contribution in [0.4, 0.5) is 0 Å². The summed E-state index contributed by atoms with van der Waals surface area (Å²) in [7, 11) is 0. The molecule has 0 aromatic heterocycles. The molecule has 0 atom stereocenters. The van der Waals surface area contributed by atoms with E-state index in [9.17, 15) is 0 Å². The Morgan fingerprint density at radius 3 is 2.53 bits per heavy atom. The molecule has 0 heterocycles. The number of nitrogens with zero attached hydrogens (tertiary/aromatic N) is 2. The van der Waals surface area contributed by atoms with E-state index in [1.807, 2.05) is 13.0 Å². The minimum atomic E-state index is -0.148. The predicted octanol–water partition coefficient (Wildman–Crippen LogP) is 3.55. The van der Waals surface area contributed by atoms with E-state index in [1.54, 1.807) is 6.21 Å². The van der Waals surface area contributed by atoms with Crippen LogP contribution in [-0.4, -0.2) is 29.4 Å². The molecular formula is C16H24N2O. The van der Waals surface area contributed by atoms with Gasteiger partial charge in [0.1, 0.15) is 0 Å². The lowest BCUT2D eigenvalue weighted by molar-refractivity contribution is 0.230. The molecule has 0 bridgehead atoms. The summed E-state index contributed by atoms with van der Waals surface area (Å²) >= 11 is 0. The lowest BCUT2D eigenvalue weighted by Crippen LogP contribution is -2.35. The number of hydrogen-bond acceptors (Lipinski definition) is 3. The van der Waals surface area contributed by atoms with Crippen LogP contribution in [0.2, 0.25) is 0 Å². The Bertz CT molecular complexity index is 410. The van der Waals surface area contributed by atoms with Crippen LogP contribution in [0.1, 0.15) is 26.3 Å². The molecule has 0 radical (unpaired) electrons. The maximum absolute atomic E-state index is 8.72. The quantitative estimate of drug-likeness (QED) is 0.352. The van der Waals surface area contributed by atoms with E-state index in [0.717, 1.165) is 19.6 Å². The Morgan fingerprint density at radius 1 is 1.26 bits per heavy atom. The van der Waals surface area contributed by atoms with Crippen molar-refractivity contribution in [2.24, 2.45) is 10.6 Å². The van der Waals surface area contributed by atoms with Gasteiger partial charge in [-0.2, -0.15) is 0 Å². The summed E-state index contributed by atoms with van der Waals surface area (Å²) in [5.74, 6) is 0. The van der Waals surface area contributed by atoms with E-state index < -0.39 is 0 Å². The first-order valence-corrected chi connectivity index (χ1v) is 6.63. The molecule has 1 N–H and O–H groups in total. The van der Waals surface area contributed by atoms with E-state index in [1.165, 1.54) is 5.56 Å². The van der Waals surface area contributed by atoms with Crippen molar-refractivity contribution < 1.29 is 5.21 Å². The van der Waals surface area contributed by atoms with E-state index in [0.29, 0.717) is 0 Å². The first-order chi connectivity index (χ1) is 9.07. The summed E-state index contributed by atoms with van der Waals surface area (Å²) in [4.78, 5) is 2.34. The third-order valence-corrected chi connectivity index (χ3v) is 2.89. The topological polar surface area (TPSA) is 35.8 Å². The molecule has 0 saturated carbocycles. The van der Waals surface area contributed by atoms with Crippen LogP contribution in [0.25, 0.3) is 0 Å². The van der Waals surface area contributed by atoms with Crippen molar-refractivity contribution in [3.05, 3.63) is 48.0 Å². The van der Waals surface area contributed by atoms with Crippen LogP contribution in [-0.2, 0) is 6.54 Å². The molecule has 104 valence electrons. The van der Waals surface area contributed by atoms with Gasteiger partial charge < -0.3 is 5.21 Å². The highest BCUT2D eigenvalue weighted by Crippen LogP contribution is 2.16. The molecular weight excluding hydrogens is 236 g/mol. The third kappa shape index (κ3) is 6.20. The maximum atomic E-state index is 8.72. The molecule has 1 aromatic carbocycles. The van der Waals surface area contributed by atoms with Gasteiger partial charge in [-0.3, -0.25) is 4.90 Å². The van der Waals surface area contributed by atoms with Crippen molar-refractivity contribution >= 4 is 6.21 Å². The summed E-state index contributed by atoms with van der Waals surface area (Å²) in [5, 5.41) is 11.9.